The van der Waals surface area contributed by atoms with Gasteiger partial charge in [0.15, 0.2) is 0 Å². The molecule has 0 spiro atoms. The number of rotatable bonds is 5. The molecule has 3 rings (SSSR count). The predicted octanol–water partition coefficient (Wildman–Crippen LogP) is 4.74. The largest absolute Gasteiger partial charge is 0.460 e. The van der Waals surface area contributed by atoms with E-state index in [2.05, 4.69) is 29.9 Å². The first-order valence-corrected chi connectivity index (χ1v) is 12.3. The van der Waals surface area contributed by atoms with E-state index in [9.17, 15) is 9.18 Å². The van der Waals surface area contributed by atoms with Gasteiger partial charge in [-0.15, -0.1) is 0 Å². The van der Waals surface area contributed by atoms with Gasteiger partial charge < -0.3 is 14.5 Å². The number of carbonyl (C=O) groups excluding carboxylic acids is 1. The fourth-order valence-electron chi connectivity index (χ4n) is 2.85. The second-order valence-corrected chi connectivity index (χ2v) is 12.5. The monoisotopic (exact) mass is 386 g/mol. The van der Waals surface area contributed by atoms with Crippen molar-refractivity contribution >= 4 is 41.7 Å². The molecule has 0 saturated heterocycles. The van der Waals surface area contributed by atoms with Crippen molar-refractivity contribution in [3.63, 3.8) is 0 Å². The minimum absolute atomic E-state index is 0.0117. The summed E-state index contributed by atoms with van der Waals surface area (Å²) in [6, 6.07) is 6.99. The smallest absolute Gasteiger partial charge is 0.376 e. The van der Waals surface area contributed by atoms with E-state index >= 15 is 0 Å². The Bertz CT molecular complexity index is 1010. The van der Waals surface area contributed by atoms with Gasteiger partial charge in [-0.3, -0.25) is 0 Å². The molecule has 2 heterocycles. The highest BCUT2D eigenvalue weighted by molar-refractivity contribution is 6.88. The highest BCUT2D eigenvalue weighted by Crippen LogP contribution is 2.35. The molecular weight excluding hydrogens is 363 g/mol. The Labute approximate surface area is 158 Å². The van der Waals surface area contributed by atoms with Gasteiger partial charge in [0.25, 0.3) is 0 Å². The number of esters is 1. The maximum Gasteiger partial charge on any atom is 0.376 e. The van der Waals surface area contributed by atoms with Crippen LogP contribution in [-0.4, -0.2) is 25.6 Å². The third-order valence-electron chi connectivity index (χ3n) is 4.36. The minimum atomic E-state index is -1.63. The topological polar surface area (TPSA) is 64.4 Å². The fraction of sp³-hybridized carbons (Fsp3) is 0.300. The number of nitrogens with one attached hydrogen (secondary N) is 1. The molecule has 0 aliphatic carbocycles. The Hall–Kier alpha value is -2.67. The van der Waals surface area contributed by atoms with Crippen molar-refractivity contribution in [2.45, 2.75) is 33.5 Å². The Morgan fingerprint density at radius 1 is 1.30 bits per heavy atom. The van der Waals surface area contributed by atoms with Crippen LogP contribution in [0.5, 0.6) is 0 Å². The molecule has 2 aromatic heterocycles. The van der Waals surface area contributed by atoms with Crippen LogP contribution in [0.15, 0.2) is 34.9 Å². The number of hydrogen-bond acceptors (Lipinski definition) is 5. The van der Waals surface area contributed by atoms with E-state index in [0.29, 0.717) is 16.8 Å². The van der Waals surface area contributed by atoms with Gasteiger partial charge in [-0.05, 0) is 37.6 Å². The number of aryl methyl sites for hydroxylation is 1. The van der Waals surface area contributed by atoms with Gasteiger partial charge in [-0.2, -0.15) is 0 Å². The van der Waals surface area contributed by atoms with E-state index in [0.717, 1.165) is 10.8 Å². The highest BCUT2D eigenvalue weighted by Gasteiger charge is 2.25. The zero-order valence-corrected chi connectivity index (χ0v) is 17.1. The number of benzene rings is 1. The van der Waals surface area contributed by atoms with Crippen LogP contribution < -0.4 is 10.5 Å². The summed E-state index contributed by atoms with van der Waals surface area (Å²) in [6.45, 7) is 10.3. The third-order valence-corrected chi connectivity index (χ3v) is 6.40. The average Bonchev–Trinajstić information content (AvgIpc) is 2.96. The van der Waals surface area contributed by atoms with E-state index in [-0.39, 0.29) is 23.9 Å². The quantitative estimate of drug-likeness (QED) is 0.507. The van der Waals surface area contributed by atoms with Crippen LogP contribution >= 0.6 is 0 Å². The number of nitrogens with zero attached hydrogens (tertiary/aromatic N) is 1. The zero-order valence-electron chi connectivity index (χ0n) is 16.1. The maximum absolute atomic E-state index is 14.8. The molecule has 1 N–H and O–H groups in total. The number of furan rings is 1. The number of pyridine rings is 1. The lowest BCUT2D eigenvalue weighted by Crippen LogP contribution is -2.37. The second-order valence-electron chi connectivity index (χ2n) is 7.40. The van der Waals surface area contributed by atoms with Crippen LogP contribution in [0.1, 0.15) is 23.0 Å². The molecule has 0 bridgehead atoms. The summed E-state index contributed by atoms with van der Waals surface area (Å²) in [5.41, 5.74) is 1.81. The van der Waals surface area contributed by atoms with Gasteiger partial charge in [0.2, 0.25) is 11.5 Å². The molecule has 7 heteroatoms. The molecule has 27 heavy (non-hydrogen) atoms. The SMILES string of the molecule is CCOC(=O)c1oc2nccc(C)c2c1Nc1ccc([Si](C)(C)C)cc1F. The minimum Gasteiger partial charge on any atom is -0.460 e. The van der Waals surface area contributed by atoms with Gasteiger partial charge in [-0.25, -0.2) is 14.2 Å². The third kappa shape index (κ3) is 3.73. The van der Waals surface area contributed by atoms with Crippen molar-refractivity contribution in [3.05, 3.63) is 47.6 Å². The number of hydrogen-bond donors (Lipinski definition) is 1. The van der Waals surface area contributed by atoms with E-state index in [1.54, 1.807) is 25.3 Å². The molecular formula is C20H23FN2O3Si. The second kappa shape index (κ2) is 7.15. The number of carbonyl (C=O) groups is 1. The normalized spacial score (nSPS) is 11.6. The zero-order chi connectivity index (χ0) is 19.8. The summed E-state index contributed by atoms with van der Waals surface area (Å²) in [4.78, 5) is 16.5. The number of anilines is 2. The van der Waals surface area contributed by atoms with Crippen molar-refractivity contribution < 1.29 is 18.3 Å². The number of halogens is 1. The molecule has 142 valence electrons. The number of ether oxygens (including phenoxy) is 1. The summed E-state index contributed by atoms with van der Waals surface area (Å²) in [5.74, 6) is -1.00. The summed E-state index contributed by atoms with van der Waals surface area (Å²) in [6.07, 6.45) is 1.60. The molecule has 3 aromatic rings. The molecule has 0 unspecified atom stereocenters. The molecule has 0 aliphatic rings. The summed E-state index contributed by atoms with van der Waals surface area (Å²) in [7, 11) is -1.63. The fourth-order valence-corrected chi connectivity index (χ4v) is 4.00. The van der Waals surface area contributed by atoms with Crippen LogP contribution in [-0.2, 0) is 4.74 Å². The van der Waals surface area contributed by atoms with E-state index in [4.69, 9.17) is 9.15 Å². The van der Waals surface area contributed by atoms with Gasteiger partial charge in [-0.1, -0.05) is 30.9 Å². The molecule has 0 radical (unpaired) electrons. The van der Waals surface area contributed by atoms with Crippen LogP contribution in [0.4, 0.5) is 15.8 Å². The first-order chi connectivity index (χ1) is 12.7. The van der Waals surface area contributed by atoms with Crippen LogP contribution in [0, 0.1) is 12.7 Å². The molecule has 0 aliphatic heterocycles. The van der Waals surface area contributed by atoms with Gasteiger partial charge in [0.1, 0.15) is 11.5 Å². The Kier molecular flexibility index (Phi) is 5.06. The molecule has 5 nitrogen and oxygen atoms in total. The first kappa shape index (κ1) is 19.1. The lowest BCUT2D eigenvalue weighted by atomic mass is 10.1. The van der Waals surface area contributed by atoms with E-state index in [1.807, 2.05) is 19.1 Å². The van der Waals surface area contributed by atoms with Gasteiger partial charge in [0.05, 0.1) is 25.8 Å². The Morgan fingerprint density at radius 2 is 2.04 bits per heavy atom. The van der Waals surface area contributed by atoms with Crippen molar-refractivity contribution in [2.24, 2.45) is 0 Å². The number of aromatic nitrogens is 1. The van der Waals surface area contributed by atoms with Gasteiger partial charge >= 0.3 is 5.97 Å². The van der Waals surface area contributed by atoms with Crippen molar-refractivity contribution in [1.82, 2.24) is 4.98 Å². The van der Waals surface area contributed by atoms with Crippen molar-refractivity contribution in [2.75, 3.05) is 11.9 Å². The lowest BCUT2D eigenvalue weighted by Gasteiger charge is -2.18. The Balaban J connectivity index is 2.11. The first-order valence-electron chi connectivity index (χ1n) is 8.84. The summed E-state index contributed by atoms with van der Waals surface area (Å²) < 4.78 is 25.5. The van der Waals surface area contributed by atoms with Crippen molar-refractivity contribution in [1.29, 1.82) is 0 Å². The lowest BCUT2D eigenvalue weighted by molar-refractivity contribution is 0.0494. The van der Waals surface area contributed by atoms with Crippen LogP contribution in [0.2, 0.25) is 19.6 Å². The van der Waals surface area contributed by atoms with Crippen molar-refractivity contribution in [3.8, 4) is 0 Å². The Morgan fingerprint density at radius 3 is 2.67 bits per heavy atom. The average molecular weight is 386 g/mol. The molecule has 0 saturated carbocycles. The molecule has 0 atom stereocenters. The van der Waals surface area contributed by atoms with E-state index in [1.165, 1.54) is 0 Å². The molecule has 1 aromatic carbocycles. The summed E-state index contributed by atoms with van der Waals surface area (Å²) in [5, 5.41) is 4.68. The molecule has 0 fully saturated rings. The van der Waals surface area contributed by atoms with Crippen LogP contribution in [0.3, 0.4) is 0 Å². The van der Waals surface area contributed by atoms with Gasteiger partial charge in [0, 0.05) is 6.20 Å². The predicted molar refractivity (Wildman–Crippen MR) is 107 cm³/mol. The number of fused-ring (bicyclic) bond motifs is 1. The highest BCUT2D eigenvalue weighted by atomic mass is 28.3. The molecule has 0 amide bonds. The summed E-state index contributed by atoms with van der Waals surface area (Å²) >= 11 is 0. The standard InChI is InChI=1S/C20H23FN2O3Si/c1-6-25-20(24)18-17(16-12(2)9-10-22-19(16)26-18)23-15-8-7-13(11-14(15)21)27(3,4)5/h7-11,23H,6H2,1-5H3. The van der Waals surface area contributed by atoms with E-state index < -0.39 is 14.0 Å². The maximum atomic E-state index is 14.8. The van der Waals surface area contributed by atoms with Crippen LogP contribution in [0.25, 0.3) is 11.1 Å².